The van der Waals surface area contributed by atoms with Crippen molar-refractivity contribution in [2.24, 2.45) is 0 Å². The average molecular weight is 332 g/mol. The molecule has 0 aliphatic heterocycles. The molecule has 126 valence electrons. The summed E-state index contributed by atoms with van der Waals surface area (Å²) in [5, 5.41) is 2.80. The van der Waals surface area contributed by atoms with Crippen molar-refractivity contribution >= 4 is 23.1 Å². The van der Waals surface area contributed by atoms with E-state index < -0.39 is 0 Å². The van der Waals surface area contributed by atoms with Crippen LogP contribution >= 0.6 is 0 Å². The zero-order valence-corrected chi connectivity index (χ0v) is 14.2. The van der Waals surface area contributed by atoms with Crippen LogP contribution in [0, 0.1) is 0 Å². The number of nitrogens with zero attached hydrogens (tertiary/aromatic N) is 2. The highest BCUT2D eigenvalue weighted by atomic mass is 16.1. The lowest BCUT2D eigenvalue weighted by molar-refractivity contribution is 0.102. The van der Waals surface area contributed by atoms with Crippen LogP contribution in [0.3, 0.4) is 0 Å². The molecule has 1 heterocycles. The fraction of sp³-hybridized carbons (Fsp3) is 0.100. The number of hydrogen-bond acceptors (Lipinski definition) is 4. The molecular formula is C20H20N4O. The molecule has 0 saturated carbocycles. The monoisotopic (exact) mass is 332 g/mol. The SMILES string of the molecule is CN(C)c1ccc(C(=O)Nc2nc(-c3ccccc3)ccc2N)cc1. The van der Waals surface area contributed by atoms with Crippen LogP contribution in [0.1, 0.15) is 10.4 Å². The summed E-state index contributed by atoms with van der Waals surface area (Å²) >= 11 is 0. The van der Waals surface area contributed by atoms with Gasteiger partial charge in [-0.1, -0.05) is 30.3 Å². The summed E-state index contributed by atoms with van der Waals surface area (Å²) in [5.74, 6) is 0.123. The van der Waals surface area contributed by atoms with E-state index in [4.69, 9.17) is 5.73 Å². The topological polar surface area (TPSA) is 71.2 Å². The van der Waals surface area contributed by atoms with Gasteiger partial charge in [0.25, 0.3) is 5.91 Å². The molecule has 0 saturated heterocycles. The Bertz CT molecular complexity index is 874. The molecular weight excluding hydrogens is 312 g/mol. The van der Waals surface area contributed by atoms with Crippen LogP contribution in [-0.2, 0) is 0 Å². The minimum absolute atomic E-state index is 0.241. The van der Waals surface area contributed by atoms with Gasteiger partial charge in [0, 0.05) is 30.9 Å². The Labute approximate surface area is 147 Å². The van der Waals surface area contributed by atoms with Crippen LogP contribution in [0.5, 0.6) is 0 Å². The maximum Gasteiger partial charge on any atom is 0.256 e. The Hall–Kier alpha value is -3.34. The molecule has 3 aromatic rings. The Kier molecular flexibility index (Phi) is 4.66. The summed E-state index contributed by atoms with van der Waals surface area (Å²) in [4.78, 5) is 18.9. The van der Waals surface area contributed by atoms with Gasteiger partial charge in [0.2, 0.25) is 0 Å². The molecule has 5 heteroatoms. The minimum Gasteiger partial charge on any atom is -0.396 e. The quantitative estimate of drug-likeness (QED) is 0.765. The summed E-state index contributed by atoms with van der Waals surface area (Å²) in [7, 11) is 3.91. The third-order valence-electron chi connectivity index (χ3n) is 3.87. The molecule has 1 aromatic heterocycles. The van der Waals surface area contributed by atoms with E-state index in [-0.39, 0.29) is 5.91 Å². The van der Waals surface area contributed by atoms with Crippen molar-refractivity contribution in [3.05, 3.63) is 72.3 Å². The van der Waals surface area contributed by atoms with E-state index in [1.165, 1.54) is 0 Å². The summed E-state index contributed by atoms with van der Waals surface area (Å²) in [6, 6.07) is 20.7. The van der Waals surface area contributed by atoms with Crippen LogP contribution in [0.2, 0.25) is 0 Å². The predicted octanol–water partition coefficient (Wildman–Crippen LogP) is 3.65. The summed E-state index contributed by atoms with van der Waals surface area (Å²) in [6.07, 6.45) is 0. The number of carbonyl (C=O) groups excluding carboxylic acids is 1. The molecule has 0 radical (unpaired) electrons. The summed E-state index contributed by atoms with van der Waals surface area (Å²) < 4.78 is 0. The van der Waals surface area contributed by atoms with Gasteiger partial charge in [0.1, 0.15) is 0 Å². The lowest BCUT2D eigenvalue weighted by atomic mass is 10.1. The van der Waals surface area contributed by atoms with E-state index >= 15 is 0 Å². The highest BCUT2D eigenvalue weighted by molar-refractivity contribution is 6.05. The van der Waals surface area contributed by atoms with E-state index in [2.05, 4.69) is 10.3 Å². The van der Waals surface area contributed by atoms with Crippen molar-refractivity contribution < 1.29 is 4.79 Å². The maximum atomic E-state index is 12.5. The average Bonchev–Trinajstić information content (AvgIpc) is 2.64. The summed E-state index contributed by atoms with van der Waals surface area (Å²) in [6.45, 7) is 0. The van der Waals surface area contributed by atoms with E-state index in [9.17, 15) is 4.79 Å². The molecule has 3 N–H and O–H groups in total. The van der Waals surface area contributed by atoms with Gasteiger partial charge in [-0.3, -0.25) is 4.79 Å². The lowest BCUT2D eigenvalue weighted by Crippen LogP contribution is -2.15. The fourth-order valence-electron chi connectivity index (χ4n) is 2.43. The number of benzene rings is 2. The van der Waals surface area contributed by atoms with E-state index in [0.29, 0.717) is 17.1 Å². The van der Waals surface area contributed by atoms with Crippen LogP contribution < -0.4 is 16.0 Å². The highest BCUT2D eigenvalue weighted by Gasteiger charge is 2.11. The number of anilines is 3. The molecule has 1 amide bonds. The van der Waals surface area contributed by atoms with Crippen molar-refractivity contribution in [1.29, 1.82) is 0 Å². The first-order chi connectivity index (χ1) is 12.0. The largest absolute Gasteiger partial charge is 0.396 e. The van der Waals surface area contributed by atoms with Gasteiger partial charge in [0.15, 0.2) is 5.82 Å². The van der Waals surface area contributed by atoms with Crippen molar-refractivity contribution in [2.75, 3.05) is 30.0 Å². The first-order valence-corrected chi connectivity index (χ1v) is 7.95. The Morgan fingerprint density at radius 3 is 2.28 bits per heavy atom. The number of hydrogen-bond donors (Lipinski definition) is 2. The molecule has 0 aliphatic rings. The molecule has 25 heavy (non-hydrogen) atoms. The fourth-order valence-corrected chi connectivity index (χ4v) is 2.43. The molecule has 0 aliphatic carbocycles. The molecule has 3 rings (SSSR count). The van der Waals surface area contributed by atoms with E-state index in [1.54, 1.807) is 18.2 Å². The van der Waals surface area contributed by atoms with Gasteiger partial charge in [-0.15, -0.1) is 0 Å². The van der Waals surface area contributed by atoms with Gasteiger partial charge in [-0.25, -0.2) is 4.98 Å². The minimum atomic E-state index is -0.241. The number of amides is 1. The zero-order valence-electron chi connectivity index (χ0n) is 14.2. The Morgan fingerprint density at radius 2 is 1.64 bits per heavy atom. The predicted molar refractivity (Wildman–Crippen MR) is 103 cm³/mol. The zero-order chi connectivity index (χ0) is 17.8. The number of carbonyl (C=O) groups is 1. The maximum absolute atomic E-state index is 12.5. The van der Waals surface area contributed by atoms with Crippen LogP contribution in [0.4, 0.5) is 17.2 Å². The second-order valence-electron chi connectivity index (χ2n) is 5.90. The molecule has 0 fully saturated rings. The number of aromatic nitrogens is 1. The third kappa shape index (κ3) is 3.77. The number of nitrogens with one attached hydrogen (secondary N) is 1. The first kappa shape index (κ1) is 16.5. The molecule has 2 aromatic carbocycles. The number of nitrogens with two attached hydrogens (primary N) is 1. The first-order valence-electron chi connectivity index (χ1n) is 7.95. The van der Waals surface area contributed by atoms with Crippen molar-refractivity contribution in [2.45, 2.75) is 0 Å². The van der Waals surface area contributed by atoms with Crippen molar-refractivity contribution in [3.8, 4) is 11.3 Å². The Morgan fingerprint density at radius 1 is 0.960 bits per heavy atom. The molecule has 0 spiro atoms. The van der Waals surface area contributed by atoms with Crippen molar-refractivity contribution in [3.63, 3.8) is 0 Å². The second kappa shape index (κ2) is 7.05. The van der Waals surface area contributed by atoms with Gasteiger partial charge in [0.05, 0.1) is 11.4 Å². The normalized spacial score (nSPS) is 10.3. The number of rotatable bonds is 4. The molecule has 5 nitrogen and oxygen atoms in total. The molecule has 0 atom stereocenters. The van der Waals surface area contributed by atoms with Gasteiger partial charge in [-0.05, 0) is 36.4 Å². The lowest BCUT2D eigenvalue weighted by Gasteiger charge is -2.13. The van der Waals surface area contributed by atoms with Crippen LogP contribution in [-0.4, -0.2) is 25.0 Å². The number of nitrogen functional groups attached to an aromatic ring is 1. The highest BCUT2D eigenvalue weighted by Crippen LogP contribution is 2.23. The van der Waals surface area contributed by atoms with Crippen LogP contribution in [0.15, 0.2) is 66.7 Å². The van der Waals surface area contributed by atoms with Crippen LogP contribution in [0.25, 0.3) is 11.3 Å². The Balaban J connectivity index is 1.83. The van der Waals surface area contributed by atoms with Gasteiger partial charge >= 0.3 is 0 Å². The van der Waals surface area contributed by atoms with Gasteiger partial charge < -0.3 is 16.0 Å². The third-order valence-corrected chi connectivity index (χ3v) is 3.87. The van der Waals surface area contributed by atoms with E-state index in [1.807, 2.05) is 67.5 Å². The smallest absolute Gasteiger partial charge is 0.256 e. The van der Waals surface area contributed by atoms with E-state index in [0.717, 1.165) is 16.9 Å². The number of pyridine rings is 1. The summed E-state index contributed by atoms with van der Waals surface area (Å²) in [5.41, 5.74) is 9.71. The standard InChI is InChI=1S/C20H20N4O/c1-24(2)16-10-8-15(9-11-16)20(25)23-19-17(21)12-13-18(22-19)14-6-4-3-5-7-14/h3-13H,21H2,1-2H3,(H,22,23,25). The van der Waals surface area contributed by atoms with Crippen molar-refractivity contribution in [1.82, 2.24) is 4.98 Å². The molecule has 0 bridgehead atoms. The van der Waals surface area contributed by atoms with Gasteiger partial charge in [-0.2, -0.15) is 0 Å². The molecule has 0 unspecified atom stereocenters. The second-order valence-corrected chi connectivity index (χ2v) is 5.90.